The largest absolute Gasteiger partial charge is 0.478 e. The van der Waals surface area contributed by atoms with E-state index in [0.29, 0.717) is 17.7 Å². The van der Waals surface area contributed by atoms with Crippen molar-refractivity contribution in [1.82, 2.24) is 14.5 Å². The zero-order valence-electron chi connectivity index (χ0n) is 12.2. The van der Waals surface area contributed by atoms with Crippen molar-refractivity contribution >= 4 is 16.0 Å². The number of nitrogens with one attached hydrogen (secondary N) is 1. The average molecular weight is 339 g/mol. The second-order valence-corrected chi connectivity index (χ2v) is 7.22. The van der Waals surface area contributed by atoms with Crippen LogP contribution >= 0.6 is 0 Å². The van der Waals surface area contributed by atoms with Crippen LogP contribution in [0.2, 0.25) is 0 Å². The normalized spacial score (nSPS) is 15.4. The molecule has 7 nitrogen and oxygen atoms in total. The van der Waals surface area contributed by atoms with E-state index >= 15 is 0 Å². The van der Waals surface area contributed by atoms with E-state index in [1.54, 1.807) is 6.92 Å². The van der Waals surface area contributed by atoms with E-state index < -0.39 is 27.4 Å². The highest BCUT2D eigenvalue weighted by atomic mass is 32.2. The van der Waals surface area contributed by atoms with Gasteiger partial charge in [0.2, 0.25) is 10.0 Å². The van der Waals surface area contributed by atoms with Gasteiger partial charge in [-0.05, 0) is 30.5 Å². The van der Waals surface area contributed by atoms with E-state index in [1.807, 2.05) is 0 Å². The fourth-order valence-electron chi connectivity index (χ4n) is 2.75. The number of carboxylic acid groups (broad SMARTS) is 1. The Morgan fingerprint density at radius 1 is 1.43 bits per heavy atom. The first-order valence-electron chi connectivity index (χ1n) is 6.86. The van der Waals surface area contributed by atoms with Crippen LogP contribution in [0.25, 0.3) is 0 Å². The van der Waals surface area contributed by atoms with Gasteiger partial charge >= 0.3 is 5.97 Å². The molecule has 9 heteroatoms. The molecule has 0 atom stereocenters. The number of rotatable bonds is 3. The fraction of sp³-hybridized carbons (Fsp3) is 0.286. The quantitative estimate of drug-likeness (QED) is 0.877. The van der Waals surface area contributed by atoms with Crippen molar-refractivity contribution in [3.05, 3.63) is 46.5 Å². The molecule has 1 aromatic heterocycles. The number of aromatic nitrogens is 2. The number of carboxylic acids is 1. The second-order valence-electron chi connectivity index (χ2n) is 5.31. The van der Waals surface area contributed by atoms with Crippen LogP contribution in [0.3, 0.4) is 0 Å². The number of benzene rings is 1. The summed E-state index contributed by atoms with van der Waals surface area (Å²) in [5.74, 6) is -2.27. The smallest absolute Gasteiger partial charge is 0.339 e. The molecule has 0 amide bonds. The first-order chi connectivity index (χ1) is 10.8. The molecular weight excluding hydrogens is 325 g/mol. The van der Waals surface area contributed by atoms with Crippen molar-refractivity contribution in [2.75, 3.05) is 6.54 Å². The van der Waals surface area contributed by atoms with Gasteiger partial charge in [0.15, 0.2) is 0 Å². The van der Waals surface area contributed by atoms with Crippen LogP contribution in [0.1, 0.15) is 27.2 Å². The summed E-state index contributed by atoms with van der Waals surface area (Å²) < 4.78 is 40.3. The van der Waals surface area contributed by atoms with Gasteiger partial charge in [0.05, 0.1) is 17.5 Å². The fourth-order valence-corrected chi connectivity index (χ4v) is 4.28. The summed E-state index contributed by atoms with van der Waals surface area (Å²) in [5.41, 5.74) is 0.785. The zero-order chi connectivity index (χ0) is 16.8. The Morgan fingerprint density at radius 3 is 2.78 bits per heavy atom. The lowest BCUT2D eigenvalue weighted by atomic mass is 9.95. The number of halogens is 1. The Hall–Kier alpha value is -2.26. The number of fused-ring (bicyclic) bond motifs is 1. The van der Waals surface area contributed by atoms with Crippen LogP contribution in [0.5, 0.6) is 0 Å². The summed E-state index contributed by atoms with van der Waals surface area (Å²) in [4.78, 5) is 11.3. The molecule has 2 N–H and O–H groups in total. The molecule has 2 heterocycles. The number of hydrogen-bond donors (Lipinski definition) is 2. The van der Waals surface area contributed by atoms with E-state index in [0.717, 1.165) is 10.4 Å². The Balaban J connectivity index is 2.05. The first-order valence-corrected chi connectivity index (χ1v) is 8.30. The van der Waals surface area contributed by atoms with Crippen LogP contribution in [-0.2, 0) is 23.0 Å². The van der Waals surface area contributed by atoms with Gasteiger partial charge in [-0.25, -0.2) is 17.6 Å². The van der Waals surface area contributed by atoms with Gasteiger partial charge in [0.25, 0.3) is 0 Å². The summed E-state index contributed by atoms with van der Waals surface area (Å²) in [5, 5.41) is 15.5. The molecule has 23 heavy (non-hydrogen) atoms. The highest BCUT2D eigenvalue weighted by molar-refractivity contribution is 7.89. The molecule has 0 radical (unpaired) electrons. The van der Waals surface area contributed by atoms with Gasteiger partial charge in [0.1, 0.15) is 10.7 Å². The van der Waals surface area contributed by atoms with Gasteiger partial charge < -0.3 is 5.11 Å². The molecule has 0 fully saturated rings. The minimum atomic E-state index is -3.82. The third-order valence-corrected chi connectivity index (χ3v) is 5.90. The molecular formula is C14H14FN3O4S. The molecule has 0 saturated heterocycles. The topological polar surface area (TPSA) is 103 Å². The molecule has 0 bridgehead atoms. The van der Waals surface area contributed by atoms with Crippen molar-refractivity contribution in [2.45, 2.75) is 24.8 Å². The van der Waals surface area contributed by atoms with Gasteiger partial charge in [-0.3, -0.25) is 5.10 Å². The minimum absolute atomic E-state index is 0.0363. The summed E-state index contributed by atoms with van der Waals surface area (Å²) in [6.45, 7) is 1.60. The average Bonchev–Trinajstić information content (AvgIpc) is 2.93. The van der Waals surface area contributed by atoms with Gasteiger partial charge in [-0.1, -0.05) is 6.07 Å². The van der Waals surface area contributed by atoms with Gasteiger partial charge in [-0.2, -0.15) is 9.40 Å². The molecule has 0 unspecified atom stereocenters. The predicted molar refractivity (Wildman–Crippen MR) is 78.0 cm³/mol. The first kappa shape index (κ1) is 15.6. The number of carbonyl (C=O) groups is 1. The minimum Gasteiger partial charge on any atom is -0.478 e. The van der Waals surface area contributed by atoms with Crippen LogP contribution in [-0.4, -0.2) is 40.5 Å². The summed E-state index contributed by atoms with van der Waals surface area (Å²) in [6, 6.07) is 2.61. The van der Waals surface area contributed by atoms with Crippen LogP contribution < -0.4 is 0 Å². The molecule has 0 aliphatic carbocycles. The van der Waals surface area contributed by atoms with E-state index in [4.69, 9.17) is 0 Å². The third kappa shape index (κ3) is 2.51. The van der Waals surface area contributed by atoms with E-state index in [9.17, 15) is 22.7 Å². The number of hydrogen-bond acceptors (Lipinski definition) is 4. The van der Waals surface area contributed by atoms with E-state index in [1.165, 1.54) is 12.3 Å². The lowest BCUT2D eigenvalue weighted by molar-refractivity contribution is 0.0689. The Morgan fingerprint density at radius 2 is 2.17 bits per heavy atom. The van der Waals surface area contributed by atoms with Crippen LogP contribution in [0.4, 0.5) is 4.39 Å². The molecule has 3 rings (SSSR count). The molecule has 1 aliphatic rings. The van der Waals surface area contributed by atoms with Gasteiger partial charge in [0, 0.05) is 13.1 Å². The summed E-state index contributed by atoms with van der Waals surface area (Å²) in [7, 11) is -3.82. The van der Waals surface area contributed by atoms with Crippen molar-refractivity contribution in [3.63, 3.8) is 0 Å². The molecule has 1 aromatic carbocycles. The monoisotopic (exact) mass is 339 g/mol. The highest BCUT2D eigenvalue weighted by Gasteiger charge is 2.33. The van der Waals surface area contributed by atoms with Crippen molar-refractivity contribution in [3.8, 4) is 0 Å². The van der Waals surface area contributed by atoms with Crippen molar-refractivity contribution in [2.24, 2.45) is 0 Å². The molecule has 1 aliphatic heterocycles. The maximum Gasteiger partial charge on any atom is 0.339 e. The number of nitrogens with zero attached hydrogens (tertiary/aromatic N) is 2. The number of sulfonamides is 1. The standard InChI is InChI=1S/C14H14FN3O4S/c1-8-12(6-16-17-8)23(21,22)18-5-4-9-2-3-11(15)13(14(19)20)10(9)7-18/h2-3,6H,4-5,7H2,1H3,(H,16,17)(H,19,20). The maximum absolute atomic E-state index is 13.8. The summed E-state index contributed by atoms with van der Waals surface area (Å²) in [6.07, 6.45) is 1.54. The predicted octanol–water partition coefficient (Wildman–Crippen LogP) is 1.30. The maximum atomic E-state index is 13.8. The summed E-state index contributed by atoms with van der Waals surface area (Å²) >= 11 is 0. The number of aryl methyl sites for hydroxylation is 1. The molecule has 0 spiro atoms. The zero-order valence-corrected chi connectivity index (χ0v) is 13.0. The number of H-pyrrole nitrogens is 1. The highest BCUT2D eigenvalue weighted by Crippen LogP contribution is 2.29. The van der Waals surface area contributed by atoms with Crippen molar-refractivity contribution < 1.29 is 22.7 Å². The molecule has 2 aromatic rings. The Labute approximate surface area is 131 Å². The molecule has 122 valence electrons. The SMILES string of the molecule is Cc1[nH]ncc1S(=O)(=O)N1CCc2ccc(F)c(C(=O)O)c2C1. The lowest BCUT2D eigenvalue weighted by Gasteiger charge is -2.29. The lowest BCUT2D eigenvalue weighted by Crippen LogP contribution is -2.37. The van der Waals surface area contributed by atoms with Crippen LogP contribution in [0, 0.1) is 12.7 Å². The Kier molecular flexibility index (Phi) is 3.69. The number of aromatic carboxylic acids is 1. The van der Waals surface area contributed by atoms with E-state index in [-0.39, 0.29) is 23.5 Å². The van der Waals surface area contributed by atoms with Crippen LogP contribution in [0.15, 0.2) is 23.2 Å². The Bertz CT molecular complexity index is 891. The third-order valence-electron chi connectivity index (χ3n) is 3.94. The number of aromatic amines is 1. The molecule has 0 saturated carbocycles. The van der Waals surface area contributed by atoms with Crippen molar-refractivity contribution in [1.29, 1.82) is 0 Å². The second kappa shape index (κ2) is 5.43. The van der Waals surface area contributed by atoms with E-state index in [2.05, 4.69) is 10.2 Å². The van der Waals surface area contributed by atoms with Gasteiger partial charge in [-0.15, -0.1) is 0 Å².